The van der Waals surface area contributed by atoms with E-state index in [0.29, 0.717) is 22.5 Å². The van der Waals surface area contributed by atoms with Gasteiger partial charge < -0.3 is 24.1 Å². The Morgan fingerprint density at radius 3 is 2.39 bits per heavy atom. The third kappa shape index (κ3) is 2.90. The summed E-state index contributed by atoms with van der Waals surface area (Å²) in [5.74, 6) is -0.0251. The van der Waals surface area contributed by atoms with Crippen LogP contribution in [0.1, 0.15) is 25.3 Å². The van der Waals surface area contributed by atoms with Gasteiger partial charge in [0.15, 0.2) is 11.7 Å². The van der Waals surface area contributed by atoms with Gasteiger partial charge in [0.1, 0.15) is 17.1 Å². The molecule has 1 aliphatic rings. The summed E-state index contributed by atoms with van der Waals surface area (Å²) in [7, 11) is 1.49. The van der Waals surface area contributed by atoms with Gasteiger partial charge in [0.25, 0.3) is 0 Å². The molecule has 28 heavy (non-hydrogen) atoms. The SMILES string of the molecule is COc1ccc2c(=O)cc(-c3ccccc3)oc2c1[C@@H]1[C@H](O)OC(C)(C)[C@@H]1O. The predicted octanol–water partition coefficient (Wildman–Crippen LogP) is 3.04. The summed E-state index contributed by atoms with van der Waals surface area (Å²) in [5, 5.41) is 21.7. The molecule has 6 nitrogen and oxygen atoms in total. The van der Waals surface area contributed by atoms with E-state index in [4.69, 9.17) is 13.9 Å². The van der Waals surface area contributed by atoms with Crippen molar-refractivity contribution in [3.05, 3.63) is 64.3 Å². The van der Waals surface area contributed by atoms with Crippen LogP contribution >= 0.6 is 0 Å². The summed E-state index contributed by atoms with van der Waals surface area (Å²) in [6.07, 6.45) is -2.29. The molecule has 2 N–H and O–H groups in total. The van der Waals surface area contributed by atoms with Crippen LogP contribution in [0, 0.1) is 0 Å². The molecule has 0 bridgehead atoms. The highest BCUT2D eigenvalue weighted by Crippen LogP contribution is 2.46. The molecule has 0 spiro atoms. The lowest BCUT2D eigenvalue weighted by molar-refractivity contribution is -0.136. The number of hydrogen-bond acceptors (Lipinski definition) is 6. The number of benzene rings is 2. The summed E-state index contributed by atoms with van der Waals surface area (Å²) in [4.78, 5) is 12.8. The van der Waals surface area contributed by atoms with Gasteiger partial charge in [-0.25, -0.2) is 0 Å². The first-order valence-electron chi connectivity index (χ1n) is 9.07. The monoisotopic (exact) mass is 382 g/mol. The molecule has 0 aliphatic carbocycles. The van der Waals surface area contributed by atoms with Gasteiger partial charge in [-0.1, -0.05) is 30.3 Å². The molecule has 0 radical (unpaired) electrons. The van der Waals surface area contributed by atoms with E-state index in [1.807, 2.05) is 30.3 Å². The van der Waals surface area contributed by atoms with Crippen LogP contribution in [0.2, 0.25) is 0 Å². The molecule has 3 atom stereocenters. The zero-order chi connectivity index (χ0) is 20.1. The van der Waals surface area contributed by atoms with Crippen LogP contribution in [0.25, 0.3) is 22.3 Å². The third-order valence-electron chi connectivity index (χ3n) is 5.29. The first kappa shape index (κ1) is 18.7. The van der Waals surface area contributed by atoms with Crippen molar-refractivity contribution in [1.82, 2.24) is 0 Å². The second kappa shape index (κ2) is 6.74. The Hall–Kier alpha value is -2.67. The number of aliphatic hydroxyl groups excluding tert-OH is 2. The normalized spacial score (nSPS) is 23.8. The Balaban J connectivity index is 2.02. The van der Waals surface area contributed by atoms with E-state index in [-0.39, 0.29) is 11.0 Å². The van der Waals surface area contributed by atoms with E-state index in [2.05, 4.69) is 0 Å². The zero-order valence-corrected chi connectivity index (χ0v) is 15.9. The number of fused-ring (bicyclic) bond motifs is 1. The van der Waals surface area contributed by atoms with E-state index >= 15 is 0 Å². The van der Waals surface area contributed by atoms with Crippen LogP contribution in [0.4, 0.5) is 0 Å². The van der Waals surface area contributed by atoms with Crippen molar-refractivity contribution in [3.63, 3.8) is 0 Å². The van der Waals surface area contributed by atoms with Gasteiger partial charge >= 0.3 is 0 Å². The highest BCUT2D eigenvalue weighted by Gasteiger charge is 2.50. The zero-order valence-electron chi connectivity index (χ0n) is 15.9. The first-order valence-corrected chi connectivity index (χ1v) is 9.07. The van der Waals surface area contributed by atoms with Crippen molar-refractivity contribution in [1.29, 1.82) is 0 Å². The lowest BCUT2D eigenvalue weighted by Gasteiger charge is -2.24. The smallest absolute Gasteiger partial charge is 0.193 e. The maximum Gasteiger partial charge on any atom is 0.193 e. The molecule has 1 aromatic heterocycles. The van der Waals surface area contributed by atoms with E-state index in [9.17, 15) is 15.0 Å². The standard InChI is InChI=1S/C22H22O6/c1-22(2)20(24)18(21(25)28-22)17-15(26-3)10-9-13-14(23)11-16(27-19(13)17)12-7-5-4-6-8-12/h4-11,18,20-21,24-25H,1-3H3/t18-,20+,21+/m0/s1. The fourth-order valence-electron chi connectivity index (χ4n) is 3.80. The Kier molecular flexibility index (Phi) is 4.50. The van der Waals surface area contributed by atoms with Crippen molar-refractivity contribution in [2.24, 2.45) is 0 Å². The molecule has 1 fully saturated rings. The van der Waals surface area contributed by atoms with Gasteiger partial charge in [-0.05, 0) is 26.0 Å². The average Bonchev–Trinajstić information content (AvgIpc) is 2.88. The topological polar surface area (TPSA) is 89.1 Å². The number of hydrogen-bond donors (Lipinski definition) is 2. The van der Waals surface area contributed by atoms with E-state index in [1.165, 1.54) is 13.2 Å². The minimum absolute atomic E-state index is 0.217. The molecule has 2 aromatic carbocycles. The van der Waals surface area contributed by atoms with Gasteiger partial charge in [0.2, 0.25) is 0 Å². The highest BCUT2D eigenvalue weighted by molar-refractivity contribution is 5.84. The number of methoxy groups -OCH3 is 1. The van der Waals surface area contributed by atoms with Crippen molar-refractivity contribution in [2.75, 3.05) is 7.11 Å². The van der Waals surface area contributed by atoms with Crippen LogP contribution in [-0.4, -0.2) is 35.3 Å². The van der Waals surface area contributed by atoms with Crippen LogP contribution in [0.15, 0.2) is 57.7 Å². The Morgan fingerprint density at radius 1 is 1.07 bits per heavy atom. The summed E-state index contributed by atoms with van der Waals surface area (Å²) in [5.41, 5.74) is 0.260. The molecular weight excluding hydrogens is 360 g/mol. The minimum atomic E-state index is -1.27. The fraction of sp³-hybridized carbons (Fsp3) is 0.318. The molecule has 3 aromatic rings. The maximum atomic E-state index is 12.8. The molecule has 0 saturated carbocycles. The van der Waals surface area contributed by atoms with E-state index in [0.717, 1.165) is 5.56 Å². The number of aliphatic hydroxyl groups is 2. The van der Waals surface area contributed by atoms with Crippen LogP contribution in [0.3, 0.4) is 0 Å². The van der Waals surface area contributed by atoms with Gasteiger partial charge in [-0.3, -0.25) is 4.79 Å². The van der Waals surface area contributed by atoms with Crippen LogP contribution in [0.5, 0.6) is 5.75 Å². The molecule has 0 unspecified atom stereocenters. The van der Waals surface area contributed by atoms with Crippen LogP contribution in [-0.2, 0) is 4.74 Å². The number of rotatable bonds is 3. The van der Waals surface area contributed by atoms with Crippen LogP contribution < -0.4 is 10.2 Å². The summed E-state index contributed by atoms with van der Waals surface area (Å²) >= 11 is 0. The molecule has 4 rings (SSSR count). The van der Waals surface area contributed by atoms with Crippen molar-refractivity contribution < 1.29 is 24.1 Å². The Morgan fingerprint density at radius 2 is 1.79 bits per heavy atom. The Labute approximate surface area is 162 Å². The van der Waals surface area contributed by atoms with Crippen molar-refractivity contribution in [2.45, 2.75) is 37.8 Å². The van der Waals surface area contributed by atoms with Crippen molar-refractivity contribution in [3.8, 4) is 17.1 Å². The van der Waals surface area contributed by atoms with Crippen molar-refractivity contribution >= 4 is 11.0 Å². The molecule has 6 heteroatoms. The lowest BCUT2D eigenvalue weighted by Crippen LogP contribution is -2.34. The van der Waals surface area contributed by atoms with Gasteiger partial charge in [-0.15, -0.1) is 0 Å². The third-order valence-corrected chi connectivity index (χ3v) is 5.29. The largest absolute Gasteiger partial charge is 0.496 e. The second-order valence-electron chi connectivity index (χ2n) is 7.48. The average molecular weight is 382 g/mol. The van der Waals surface area contributed by atoms with E-state index in [1.54, 1.807) is 26.0 Å². The summed E-state index contributed by atoms with van der Waals surface area (Å²) in [6.45, 7) is 3.40. The minimum Gasteiger partial charge on any atom is -0.496 e. The van der Waals surface area contributed by atoms with E-state index < -0.39 is 23.9 Å². The molecule has 1 saturated heterocycles. The summed E-state index contributed by atoms with van der Waals surface area (Å²) < 4.78 is 17.1. The number of ether oxygens (including phenoxy) is 2. The van der Waals surface area contributed by atoms with Gasteiger partial charge in [-0.2, -0.15) is 0 Å². The maximum absolute atomic E-state index is 12.8. The molecule has 146 valence electrons. The predicted molar refractivity (Wildman–Crippen MR) is 104 cm³/mol. The first-order chi connectivity index (χ1) is 13.3. The van der Waals surface area contributed by atoms with Gasteiger partial charge in [0, 0.05) is 17.2 Å². The molecule has 1 aliphatic heterocycles. The highest BCUT2D eigenvalue weighted by atomic mass is 16.6. The van der Waals surface area contributed by atoms with Gasteiger partial charge in [0.05, 0.1) is 30.1 Å². The molecular formula is C22H22O6. The second-order valence-corrected chi connectivity index (χ2v) is 7.48. The fourth-order valence-corrected chi connectivity index (χ4v) is 3.80. The molecule has 2 heterocycles. The quantitative estimate of drug-likeness (QED) is 0.724. The summed E-state index contributed by atoms with van der Waals surface area (Å²) in [6, 6.07) is 14.0. The lowest BCUT2D eigenvalue weighted by atomic mass is 9.86. The molecule has 0 amide bonds. The Bertz CT molecular complexity index is 1070.